The Morgan fingerprint density at radius 1 is 1.19 bits per heavy atom. The van der Waals surface area contributed by atoms with Crippen LogP contribution in [0.3, 0.4) is 0 Å². The highest BCUT2D eigenvalue weighted by atomic mass is 35.5. The average Bonchev–Trinajstić information content (AvgIpc) is 3.27. The molecule has 0 spiro atoms. The number of benzene rings is 2. The van der Waals surface area contributed by atoms with Crippen LogP contribution in [-0.2, 0) is 15.9 Å². The summed E-state index contributed by atoms with van der Waals surface area (Å²) in [6.45, 7) is 6.14. The highest BCUT2D eigenvalue weighted by Gasteiger charge is 2.32. The summed E-state index contributed by atoms with van der Waals surface area (Å²) < 4.78 is 17.4. The predicted octanol–water partition coefficient (Wildman–Crippen LogP) is 5.32. The van der Waals surface area contributed by atoms with Crippen LogP contribution >= 0.6 is 11.6 Å². The predicted molar refractivity (Wildman–Crippen MR) is 123 cm³/mol. The van der Waals surface area contributed by atoms with Gasteiger partial charge in [0.05, 0.1) is 25.4 Å². The van der Waals surface area contributed by atoms with Crippen LogP contribution in [-0.4, -0.2) is 48.6 Å². The number of aromatic nitrogens is 1. The standard InChI is InChI=1S/C25H29ClN2O3/c1-25(2)30-15-19(31-25)11-13-29-18-7-4-16(5-8-18)24-23-20(10-12-28(24)3)21-14-17(26)6-9-22(21)27-23/h4-9,14,19,24,27H,10-13,15H2,1-3H3. The molecule has 3 aromatic rings. The van der Waals surface area contributed by atoms with Gasteiger partial charge in [0, 0.05) is 34.6 Å². The van der Waals surface area contributed by atoms with Crippen LogP contribution in [0.1, 0.15) is 43.1 Å². The summed E-state index contributed by atoms with van der Waals surface area (Å²) in [7, 11) is 2.18. The summed E-state index contributed by atoms with van der Waals surface area (Å²) in [5.41, 5.74) is 5.04. The number of aromatic amines is 1. The van der Waals surface area contributed by atoms with Gasteiger partial charge in [-0.2, -0.15) is 0 Å². The van der Waals surface area contributed by atoms with E-state index in [1.54, 1.807) is 0 Å². The first-order valence-electron chi connectivity index (χ1n) is 10.9. The van der Waals surface area contributed by atoms with Crippen LogP contribution in [0.2, 0.25) is 5.02 Å². The Bertz CT molecular complexity index is 1080. The lowest BCUT2D eigenvalue weighted by Crippen LogP contribution is -2.32. The van der Waals surface area contributed by atoms with Crippen molar-refractivity contribution in [3.05, 3.63) is 64.3 Å². The van der Waals surface area contributed by atoms with Gasteiger partial charge in [-0.25, -0.2) is 0 Å². The first-order valence-corrected chi connectivity index (χ1v) is 11.3. The van der Waals surface area contributed by atoms with Gasteiger partial charge < -0.3 is 19.2 Å². The minimum Gasteiger partial charge on any atom is -0.493 e. The topological polar surface area (TPSA) is 46.7 Å². The Labute approximate surface area is 188 Å². The summed E-state index contributed by atoms with van der Waals surface area (Å²) >= 11 is 6.26. The van der Waals surface area contributed by atoms with Crippen LogP contribution in [0.5, 0.6) is 5.75 Å². The number of H-pyrrole nitrogens is 1. The van der Waals surface area contributed by atoms with E-state index < -0.39 is 5.79 Å². The molecule has 6 heteroatoms. The normalized spacial score (nSPS) is 23.2. The molecule has 0 aliphatic carbocycles. The lowest BCUT2D eigenvalue weighted by atomic mass is 9.93. The zero-order valence-corrected chi connectivity index (χ0v) is 19.0. The second kappa shape index (κ2) is 8.14. The molecule has 2 unspecified atom stereocenters. The molecular weight excluding hydrogens is 412 g/mol. The van der Waals surface area contributed by atoms with Gasteiger partial charge >= 0.3 is 0 Å². The fourth-order valence-electron chi connectivity index (χ4n) is 4.76. The van der Waals surface area contributed by atoms with E-state index in [0.717, 1.165) is 35.7 Å². The summed E-state index contributed by atoms with van der Waals surface area (Å²) in [4.78, 5) is 6.05. The van der Waals surface area contributed by atoms with Gasteiger partial charge in [-0.1, -0.05) is 23.7 Å². The Hall–Kier alpha value is -2.05. The molecule has 5 rings (SSSR count). The van der Waals surface area contributed by atoms with Crippen molar-refractivity contribution in [3.63, 3.8) is 0 Å². The van der Waals surface area contributed by atoms with E-state index in [9.17, 15) is 0 Å². The molecule has 0 amide bonds. The molecule has 1 aromatic heterocycles. The van der Waals surface area contributed by atoms with E-state index in [1.165, 1.54) is 22.2 Å². The molecule has 1 N–H and O–H groups in total. The molecule has 1 fully saturated rings. The number of hydrogen-bond acceptors (Lipinski definition) is 4. The average molecular weight is 441 g/mol. The van der Waals surface area contributed by atoms with Crippen molar-refractivity contribution in [1.82, 2.24) is 9.88 Å². The highest BCUT2D eigenvalue weighted by Crippen LogP contribution is 2.38. The third kappa shape index (κ3) is 4.20. The summed E-state index contributed by atoms with van der Waals surface area (Å²) in [5, 5.41) is 2.02. The number of likely N-dealkylation sites (N-methyl/N-ethyl adjacent to an activating group) is 1. The SMILES string of the molecule is CN1CCc2c([nH]c3ccc(Cl)cc23)C1c1ccc(OCCC2COC(C)(C)O2)cc1. The van der Waals surface area contributed by atoms with Crippen molar-refractivity contribution in [3.8, 4) is 5.75 Å². The van der Waals surface area contributed by atoms with Crippen LogP contribution in [0.15, 0.2) is 42.5 Å². The second-order valence-corrected chi connectivity index (χ2v) is 9.43. The largest absolute Gasteiger partial charge is 0.493 e. The lowest BCUT2D eigenvalue weighted by Gasteiger charge is -2.33. The van der Waals surface area contributed by atoms with Gasteiger partial charge in [-0.05, 0) is 68.8 Å². The van der Waals surface area contributed by atoms with Crippen molar-refractivity contribution >= 4 is 22.5 Å². The Balaban J connectivity index is 1.30. The molecule has 5 nitrogen and oxygen atoms in total. The summed E-state index contributed by atoms with van der Waals surface area (Å²) in [6, 6.07) is 14.7. The van der Waals surface area contributed by atoms with Gasteiger partial charge in [0.1, 0.15) is 5.75 Å². The molecule has 0 radical (unpaired) electrons. The molecular formula is C25H29ClN2O3. The summed E-state index contributed by atoms with van der Waals surface area (Å²) in [6.07, 6.45) is 1.93. The molecule has 3 heterocycles. The number of fused-ring (bicyclic) bond motifs is 3. The van der Waals surface area contributed by atoms with Crippen molar-refractivity contribution in [2.45, 2.75) is 44.6 Å². The molecule has 31 heavy (non-hydrogen) atoms. The van der Waals surface area contributed by atoms with E-state index in [1.807, 2.05) is 19.9 Å². The van der Waals surface area contributed by atoms with Gasteiger partial charge in [0.15, 0.2) is 5.79 Å². The second-order valence-electron chi connectivity index (χ2n) is 9.00. The fraction of sp³-hybridized carbons (Fsp3) is 0.440. The fourth-order valence-corrected chi connectivity index (χ4v) is 4.93. The Morgan fingerprint density at radius 2 is 2.00 bits per heavy atom. The first-order chi connectivity index (χ1) is 14.9. The van der Waals surface area contributed by atoms with Crippen molar-refractivity contribution in [1.29, 1.82) is 0 Å². The monoisotopic (exact) mass is 440 g/mol. The number of rotatable bonds is 5. The maximum Gasteiger partial charge on any atom is 0.163 e. The van der Waals surface area contributed by atoms with Gasteiger partial charge in [0.2, 0.25) is 0 Å². The van der Waals surface area contributed by atoms with E-state index in [-0.39, 0.29) is 12.1 Å². The molecule has 2 atom stereocenters. The smallest absolute Gasteiger partial charge is 0.163 e. The molecule has 2 aliphatic heterocycles. The number of hydrogen-bond donors (Lipinski definition) is 1. The van der Waals surface area contributed by atoms with Crippen LogP contribution in [0, 0.1) is 0 Å². The van der Waals surface area contributed by atoms with E-state index in [0.29, 0.717) is 13.2 Å². The van der Waals surface area contributed by atoms with Crippen molar-refractivity contribution in [2.24, 2.45) is 0 Å². The molecule has 2 aliphatic rings. The zero-order valence-electron chi connectivity index (χ0n) is 18.3. The first kappa shape index (κ1) is 20.8. The highest BCUT2D eigenvalue weighted by molar-refractivity contribution is 6.31. The zero-order chi connectivity index (χ0) is 21.6. The van der Waals surface area contributed by atoms with Crippen molar-refractivity contribution < 1.29 is 14.2 Å². The summed E-state index contributed by atoms with van der Waals surface area (Å²) in [5.74, 6) is 0.398. The molecule has 164 valence electrons. The molecule has 0 saturated carbocycles. The van der Waals surface area contributed by atoms with Gasteiger partial charge in [-0.3, -0.25) is 4.90 Å². The van der Waals surface area contributed by atoms with Crippen LogP contribution in [0.25, 0.3) is 10.9 Å². The van der Waals surface area contributed by atoms with Crippen LogP contribution in [0.4, 0.5) is 0 Å². The molecule has 0 bridgehead atoms. The maximum atomic E-state index is 6.26. The van der Waals surface area contributed by atoms with E-state index >= 15 is 0 Å². The minimum absolute atomic E-state index is 0.0964. The van der Waals surface area contributed by atoms with E-state index in [2.05, 4.69) is 53.3 Å². The lowest BCUT2D eigenvalue weighted by molar-refractivity contribution is -0.139. The Morgan fingerprint density at radius 3 is 2.74 bits per heavy atom. The third-order valence-corrected chi connectivity index (χ3v) is 6.54. The third-order valence-electron chi connectivity index (χ3n) is 6.30. The number of ether oxygens (including phenoxy) is 3. The molecule has 2 aromatic carbocycles. The number of halogens is 1. The minimum atomic E-state index is -0.481. The quantitative estimate of drug-likeness (QED) is 0.583. The number of nitrogens with zero attached hydrogens (tertiary/aromatic N) is 1. The van der Waals surface area contributed by atoms with Crippen LogP contribution < -0.4 is 4.74 Å². The molecule has 1 saturated heterocycles. The van der Waals surface area contributed by atoms with Gasteiger partial charge in [-0.15, -0.1) is 0 Å². The maximum absolute atomic E-state index is 6.26. The Kier molecular flexibility index (Phi) is 5.47. The van der Waals surface area contributed by atoms with Gasteiger partial charge in [0.25, 0.3) is 0 Å². The van der Waals surface area contributed by atoms with E-state index in [4.69, 9.17) is 25.8 Å². The number of nitrogens with one attached hydrogen (secondary N) is 1. The van der Waals surface area contributed by atoms with Crippen molar-refractivity contribution in [2.75, 3.05) is 26.8 Å².